The smallest absolute Gasteiger partial charge is 0.202 e. The van der Waals surface area contributed by atoms with Crippen LogP contribution in [-0.4, -0.2) is 10.2 Å². The normalized spacial score (nSPS) is 11.6. The maximum absolute atomic E-state index is 12.6. The van der Waals surface area contributed by atoms with E-state index >= 15 is 0 Å². The van der Waals surface area contributed by atoms with Crippen LogP contribution in [-0.2, 0) is 5.92 Å². The first-order chi connectivity index (χ1) is 5.00. The maximum Gasteiger partial charge on any atom is 0.272 e. The van der Waals surface area contributed by atoms with E-state index in [1.165, 1.54) is 6.07 Å². The molecule has 0 unspecified atom stereocenters. The molecule has 0 aliphatic carbocycles. The Bertz CT molecular complexity index is 255. The molecule has 1 aromatic heterocycles. The van der Waals surface area contributed by atoms with Crippen LogP contribution in [0.15, 0.2) is 12.3 Å². The van der Waals surface area contributed by atoms with Crippen molar-refractivity contribution >= 4 is 0 Å². The lowest BCUT2D eigenvalue weighted by Gasteiger charge is -2.08. The van der Waals surface area contributed by atoms with Gasteiger partial charge in [-0.3, -0.25) is 0 Å². The van der Waals surface area contributed by atoms with Crippen LogP contribution in [0.25, 0.3) is 0 Å². The molecule has 4 heteroatoms. The molecule has 11 heavy (non-hydrogen) atoms. The Morgan fingerprint density at radius 3 is 2.45 bits per heavy atom. The van der Waals surface area contributed by atoms with Gasteiger partial charge in [-0.25, -0.2) is 8.78 Å². The minimum atomic E-state index is -2.82. The minimum Gasteiger partial charge on any atom is -0.202 e. The zero-order valence-electron chi connectivity index (χ0n) is 6.31. The van der Waals surface area contributed by atoms with Gasteiger partial charge < -0.3 is 0 Å². The lowest BCUT2D eigenvalue weighted by molar-refractivity contribution is 0.0169. The van der Waals surface area contributed by atoms with E-state index in [0.717, 1.165) is 13.1 Å². The van der Waals surface area contributed by atoms with Gasteiger partial charge in [0.15, 0.2) is 0 Å². The number of nitrogens with zero attached hydrogens (tertiary/aromatic N) is 2. The minimum absolute atomic E-state index is 0.0926. The second kappa shape index (κ2) is 2.53. The molecule has 0 saturated carbocycles. The van der Waals surface area contributed by atoms with Crippen LogP contribution >= 0.6 is 0 Å². The predicted molar refractivity (Wildman–Crippen MR) is 36.3 cm³/mol. The fourth-order valence-electron chi connectivity index (χ4n) is 0.713. The number of hydrogen-bond acceptors (Lipinski definition) is 2. The van der Waals surface area contributed by atoms with Gasteiger partial charge in [0.1, 0.15) is 0 Å². The highest BCUT2D eigenvalue weighted by Gasteiger charge is 2.24. The van der Waals surface area contributed by atoms with Gasteiger partial charge in [0.2, 0.25) is 0 Å². The third kappa shape index (κ3) is 1.93. The first-order valence-corrected chi connectivity index (χ1v) is 3.18. The zero-order chi connectivity index (χ0) is 8.48. The average Bonchev–Trinajstić information content (AvgIpc) is 1.86. The summed E-state index contributed by atoms with van der Waals surface area (Å²) in [5, 5.41) is 6.99. The van der Waals surface area contributed by atoms with Crippen molar-refractivity contribution in [3.63, 3.8) is 0 Å². The summed E-state index contributed by atoms with van der Waals surface area (Å²) in [5.41, 5.74) is 0.411. The molecule has 1 heterocycles. The van der Waals surface area contributed by atoms with E-state index in [2.05, 4.69) is 10.2 Å². The van der Waals surface area contributed by atoms with E-state index in [-0.39, 0.29) is 5.56 Å². The van der Waals surface area contributed by atoms with Crippen LogP contribution < -0.4 is 0 Å². The Balaban J connectivity index is 3.06. The van der Waals surface area contributed by atoms with Crippen molar-refractivity contribution in [1.82, 2.24) is 10.2 Å². The van der Waals surface area contributed by atoms with Crippen LogP contribution in [0.3, 0.4) is 0 Å². The Labute approximate surface area is 63.3 Å². The van der Waals surface area contributed by atoms with E-state index < -0.39 is 5.92 Å². The van der Waals surface area contributed by atoms with Crippen molar-refractivity contribution in [2.45, 2.75) is 19.8 Å². The molecule has 0 radical (unpaired) electrons. The summed E-state index contributed by atoms with van der Waals surface area (Å²) >= 11 is 0. The van der Waals surface area contributed by atoms with Gasteiger partial charge in [0, 0.05) is 12.5 Å². The van der Waals surface area contributed by atoms with Crippen LogP contribution in [0.5, 0.6) is 0 Å². The second-order valence-corrected chi connectivity index (χ2v) is 2.47. The lowest BCUT2D eigenvalue weighted by atomic mass is 10.2. The Morgan fingerprint density at radius 1 is 1.45 bits per heavy atom. The zero-order valence-corrected chi connectivity index (χ0v) is 6.31. The van der Waals surface area contributed by atoms with Crippen molar-refractivity contribution in [2.24, 2.45) is 0 Å². The molecule has 0 saturated heterocycles. The van der Waals surface area contributed by atoms with Crippen LogP contribution in [0.1, 0.15) is 18.2 Å². The molecule has 1 rings (SSSR count). The van der Waals surface area contributed by atoms with Crippen molar-refractivity contribution in [1.29, 1.82) is 0 Å². The Morgan fingerprint density at radius 2 is 2.09 bits per heavy atom. The molecular formula is C7H8F2N2. The summed E-state index contributed by atoms with van der Waals surface area (Å²) in [6.45, 7) is 2.46. The molecule has 0 spiro atoms. The molecule has 0 aliphatic heterocycles. The van der Waals surface area contributed by atoms with Crippen molar-refractivity contribution in [3.05, 3.63) is 23.5 Å². The molecule has 0 aromatic carbocycles. The number of rotatable bonds is 1. The van der Waals surface area contributed by atoms with Gasteiger partial charge in [0.05, 0.1) is 11.9 Å². The van der Waals surface area contributed by atoms with Gasteiger partial charge in [0.25, 0.3) is 5.92 Å². The molecular weight excluding hydrogens is 150 g/mol. The predicted octanol–water partition coefficient (Wildman–Crippen LogP) is 1.90. The van der Waals surface area contributed by atoms with Gasteiger partial charge >= 0.3 is 0 Å². The van der Waals surface area contributed by atoms with E-state index in [9.17, 15) is 8.78 Å². The molecule has 0 amide bonds. The standard InChI is InChI=1S/C7H8F2N2/c1-5-3-6(4-10-11-5)7(2,8)9/h3-4H,1-2H3. The number of halogens is 2. The third-order valence-electron chi connectivity index (χ3n) is 1.28. The Hall–Kier alpha value is -1.06. The van der Waals surface area contributed by atoms with E-state index in [1.807, 2.05) is 0 Å². The van der Waals surface area contributed by atoms with Gasteiger partial charge in [-0.2, -0.15) is 10.2 Å². The van der Waals surface area contributed by atoms with Crippen molar-refractivity contribution < 1.29 is 8.78 Å². The topological polar surface area (TPSA) is 25.8 Å². The Kier molecular flexibility index (Phi) is 1.85. The average molecular weight is 158 g/mol. The molecule has 60 valence electrons. The SMILES string of the molecule is Cc1cc(C(C)(F)F)cnn1. The van der Waals surface area contributed by atoms with E-state index in [4.69, 9.17) is 0 Å². The van der Waals surface area contributed by atoms with Gasteiger partial charge in [-0.05, 0) is 13.0 Å². The molecule has 1 aromatic rings. The van der Waals surface area contributed by atoms with Crippen molar-refractivity contribution in [3.8, 4) is 0 Å². The number of alkyl halides is 2. The van der Waals surface area contributed by atoms with Crippen LogP contribution in [0, 0.1) is 6.92 Å². The highest BCUT2D eigenvalue weighted by Crippen LogP contribution is 2.25. The summed E-state index contributed by atoms with van der Waals surface area (Å²) in [4.78, 5) is 0. The summed E-state index contributed by atoms with van der Waals surface area (Å²) in [6.07, 6.45) is 1.08. The molecule has 0 bridgehead atoms. The van der Waals surface area contributed by atoms with Gasteiger partial charge in [-0.1, -0.05) is 0 Å². The molecule has 0 N–H and O–H groups in total. The first kappa shape index (κ1) is 8.04. The van der Waals surface area contributed by atoms with Crippen LogP contribution in [0.2, 0.25) is 0 Å². The molecule has 0 atom stereocenters. The molecule has 0 fully saturated rings. The summed E-state index contributed by atoms with van der Waals surface area (Å²) in [6, 6.07) is 1.33. The second-order valence-electron chi connectivity index (χ2n) is 2.47. The quantitative estimate of drug-likeness (QED) is 0.623. The number of hydrogen-bond donors (Lipinski definition) is 0. The molecule has 2 nitrogen and oxygen atoms in total. The molecule has 0 aliphatic rings. The monoisotopic (exact) mass is 158 g/mol. The first-order valence-electron chi connectivity index (χ1n) is 3.18. The lowest BCUT2D eigenvalue weighted by Crippen LogP contribution is -2.08. The fourth-order valence-corrected chi connectivity index (χ4v) is 0.713. The van der Waals surface area contributed by atoms with E-state index in [0.29, 0.717) is 5.69 Å². The van der Waals surface area contributed by atoms with Crippen LogP contribution in [0.4, 0.5) is 8.78 Å². The van der Waals surface area contributed by atoms with Crippen molar-refractivity contribution in [2.75, 3.05) is 0 Å². The van der Waals surface area contributed by atoms with E-state index in [1.54, 1.807) is 6.92 Å². The number of aryl methyl sites for hydroxylation is 1. The highest BCUT2D eigenvalue weighted by molar-refractivity contribution is 5.15. The summed E-state index contributed by atoms with van der Waals surface area (Å²) < 4.78 is 25.1. The number of aromatic nitrogens is 2. The summed E-state index contributed by atoms with van der Waals surface area (Å²) in [5.74, 6) is -2.82. The largest absolute Gasteiger partial charge is 0.272 e. The third-order valence-corrected chi connectivity index (χ3v) is 1.28. The maximum atomic E-state index is 12.6. The van der Waals surface area contributed by atoms with Gasteiger partial charge in [-0.15, -0.1) is 0 Å². The highest BCUT2D eigenvalue weighted by atomic mass is 19.3. The summed E-state index contributed by atoms with van der Waals surface area (Å²) in [7, 11) is 0. The fraction of sp³-hybridized carbons (Fsp3) is 0.429.